The highest BCUT2D eigenvalue weighted by Gasteiger charge is 2.35. The lowest BCUT2D eigenvalue weighted by Gasteiger charge is -2.12. The summed E-state index contributed by atoms with van der Waals surface area (Å²) in [5.41, 5.74) is 1.53. The fourth-order valence-corrected chi connectivity index (χ4v) is 1.62. The zero-order valence-corrected chi connectivity index (χ0v) is 8.94. The second-order valence-electron chi connectivity index (χ2n) is 3.52. The third-order valence-electron chi connectivity index (χ3n) is 2.36. The van der Waals surface area contributed by atoms with Crippen LogP contribution < -0.4 is 10.1 Å². The van der Waals surface area contributed by atoms with Gasteiger partial charge in [-0.15, -0.1) is 0 Å². The van der Waals surface area contributed by atoms with Crippen molar-refractivity contribution in [1.29, 1.82) is 0 Å². The predicted octanol–water partition coefficient (Wildman–Crippen LogP) is 1.31. The molecule has 16 heavy (non-hydrogen) atoms. The van der Waals surface area contributed by atoms with Gasteiger partial charge in [-0.05, 0) is 19.1 Å². The number of carbonyl (C=O) groups is 2. The van der Waals surface area contributed by atoms with E-state index in [2.05, 4.69) is 5.32 Å². The van der Waals surface area contributed by atoms with E-state index in [1.807, 2.05) is 13.0 Å². The number of benzene rings is 1. The number of nitrogens with one attached hydrogen (secondary N) is 1. The van der Waals surface area contributed by atoms with Crippen molar-refractivity contribution in [3.05, 3.63) is 29.3 Å². The molecule has 5 heteroatoms. The van der Waals surface area contributed by atoms with Crippen LogP contribution in [0.5, 0.6) is 5.75 Å². The Balaban J connectivity index is 2.42. The number of imide groups is 1. The van der Waals surface area contributed by atoms with Gasteiger partial charge in [0.2, 0.25) is 6.10 Å². The summed E-state index contributed by atoms with van der Waals surface area (Å²) in [4.78, 5) is 22.4. The molecule has 0 saturated carbocycles. The molecule has 1 fully saturated rings. The molecule has 0 spiro atoms. The average Bonchev–Trinajstić information content (AvgIpc) is 2.57. The summed E-state index contributed by atoms with van der Waals surface area (Å²) in [7, 11) is 1.50. The SMILES string of the molecule is COc1ccc(C)cc1C1OC(=O)NC1=O. The number of rotatable bonds is 2. The lowest BCUT2D eigenvalue weighted by molar-refractivity contribution is -0.123. The number of hydrogen-bond acceptors (Lipinski definition) is 4. The van der Waals surface area contributed by atoms with Crippen LogP contribution in [0, 0.1) is 6.92 Å². The van der Waals surface area contributed by atoms with E-state index >= 15 is 0 Å². The summed E-state index contributed by atoms with van der Waals surface area (Å²) in [5, 5.41) is 2.08. The van der Waals surface area contributed by atoms with Crippen molar-refractivity contribution in [3.63, 3.8) is 0 Å². The van der Waals surface area contributed by atoms with Gasteiger partial charge in [-0.2, -0.15) is 0 Å². The molecule has 1 saturated heterocycles. The fraction of sp³-hybridized carbons (Fsp3) is 0.273. The summed E-state index contributed by atoms with van der Waals surface area (Å²) < 4.78 is 10.0. The second-order valence-corrected chi connectivity index (χ2v) is 3.52. The van der Waals surface area contributed by atoms with Gasteiger partial charge in [-0.25, -0.2) is 4.79 Å². The molecule has 1 aliphatic heterocycles. The van der Waals surface area contributed by atoms with Gasteiger partial charge >= 0.3 is 6.09 Å². The lowest BCUT2D eigenvalue weighted by atomic mass is 10.1. The van der Waals surface area contributed by atoms with Gasteiger partial charge in [-0.1, -0.05) is 11.6 Å². The van der Waals surface area contributed by atoms with E-state index in [4.69, 9.17) is 9.47 Å². The van der Waals surface area contributed by atoms with Crippen LogP contribution in [-0.2, 0) is 9.53 Å². The minimum Gasteiger partial charge on any atom is -0.496 e. The molecule has 1 aromatic rings. The highest BCUT2D eigenvalue weighted by Crippen LogP contribution is 2.31. The Morgan fingerprint density at radius 3 is 2.69 bits per heavy atom. The first-order valence-electron chi connectivity index (χ1n) is 4.78. The van der Waals surface area contributed by atoms with E-state index in [0.717, 1.165) is 5.56 Å². The van der Waals surface area contributed by atoms with Crippen molar-refractivity contribution >= 4 is 12.0 Å². The molecule has 2 rings (SSSR count). The molecule has 1 N–H and O–H groups in total. The topological polar surface area (TPSA) is 64.6 Å². The summed E-state index contributed by atoms with van der Waals surface area (Å²) in [6, 6.07) is 5.36. The number of carbonyl (C=O) groups excluding carboxylic acids is 2. The van der Waals surface area contributed by atoms with Crippen LogP contribution in [0.25, 0.3) is 0 Å². The van der Waals surface area contributed by atoms with Crippen LogP contribution in [0.3, 0.4) is 0 Å². The van der Waals surface area contributed by atoms with Crippen molar-refractivity contribution in [1.82, 2.24) is 5.32 Å². The molecule has 1 heterocycles. The van der Waals surface area contributed by atoms with E-state index in [1.54, 1.807) is 12.1 Å². The Hall–Kier alpha value is -2.04. The Morgan fingerprint density at radius 1 is 1.38 bits per heavy atom. The second kappa shape index (κ2) is 3.84. The molecule has 0 bridgehead atoms. The van der Waals surface area contributed by atoms with Gasteiger partial charge in [0.1, 0.15) is 5.75 Å². The van der Waals surface area contributed by atoms with Gasteiger partial charge in [0, 0.05) is 5.56 Å². The van der Waals surface area contributed by atoms with Crippen molar-refractivity contribution in [3.8, 4) is 5.75 Å². The molecule has 0 aromatic heterocycles. The first-order valence-corrected chi connectivity index (χ1v) is 4.78. The van der Waals surface area contributed by atoms with Gasteiger partial charge < -0.3 is 9.47 Å². The number of methoxy groups -OCH3 is 1. The molecule has 0 aliphatic carbocycles. The first kappa shape index (κ1) is 10.5. The minimum absolute atomic E-state index is 0.464. The maximum absolute atomic E-state index is 11.5. The average molecular weight is 221 g/mol. The zero-order chi connectivity index (χ0) is 11.7. The highest BCUT2D eigenvalue weighted by molar-refractivity contribution is 6.00. The van der Waals surface area contributed by atoms with Gasteiger partial charge in [0.15, 0.2) is 0 Å². The van der Waals surface area contributed by atoms with E-state index in [9.17, 15) is 9.59 Å². The van der Waals surface area contributed by atoms with Gasteiger partial charge in [0.05, 0.1) is 7.11 Å². The number of amides is 2. The van der Waals surface area contributed by atoms with Crippen LogP contribution >= 0.6 is 0 Å². The largest absolute Gasteiger partial charge is 0.496 e. The number of ether oxygens (including phenoxy) is 2. The van der Waals surface area contributed by atoms with Crippen molar-refractivity contribution < 1.29 is 19.1 Å². The number of aryl methyl sites for hydroxylation is 1. The van der Waals surface area contributed by atoms with E-state index in [1.165, 1.54) is 7.11 Å². The molecule has 1 aliphatic rings. The summed E-state index contributed by atoms with van der Waals surface area (Å²) >= 11 is 0. The summed E-state index contributed by atoms with van der Waals surface area (Å²) in [6.07, 6.45) is -1.64. The third kappa shape index (κ3) is 1.71. The molecule has 0 radical (unpaired) electrons. The van der Waals surface area contributed by atoms with E-state index in [0.29, 0.717) is 11.3 Å². The molecule has 2 amide bonds. The standard InChI is InChI=1S/C11H11NO4/c1-6-3-4-8(15-2)7(5-6)9-10(13)12-11(14)16-9/h3-5,9H,1-2H3,(H,12,13,14). The molecule has 84 valence electrons. The Labute approximate surface area is 92.4 Å². The van der Waals surface area contributed by atoms with Crippen molar-refractivity contribution in [2.75, 3.05) is 7.11 Å². The van der Waals surface area contributed by atoms with Crippen LogP contribution in [-0.4, -0.2) is 19.1 Å². The quantitative estimate of drug-likeness (QED) is 0.817. The lowest BCUT2D eigenvalue weighted by Crippen LogP contribution is -2.20. The Morgan fingerprint density at radius 2 is 2.12 bits per heavy atom. The normalized spacial score (nSPS) is 19.2. The fourth-order valence-electron chi connectivity index (χ4n) is 1.62. The van der Waals surface area contributed by atoms with E-state index < -0.39 is 18.1 Å². The maximum Gasteiger partial charge on any atom is 0.415 e. The third-order valence-corrected chi connectivity index (χ3v) is 2.36. The van der Waals surface area contributed by atoms with Crippen LogP contribution in [0.4, 0.5) is 4.79 Å². The predicted molar refractivity (Wildman–Crippen MR) is 55.1 cm³/mol. The molecular formula is C11H11NO4. The molecule has 1 aromatic carbocycles. The number of cyclic esters (lactones) is 1. The first-order chi connectivity index (χ1) is 7.61. The molecule has 5 nitrogen and oxygen atoms in total. The Kier molecular flexibility index (Phi) is 2.52. The summed E-state index contributed by atoms with van der Waals surface area (Å²) in [6.45, 7) is 1.89. The smallest absolute Gasteiger partial charge is 0.415 e. The number of alkyl carbamates (subject to hydrolysis) is 1. The zero-order valence-electron chi connectivity index (χ0n) is 8.94. The van der Waals surface area contributed by atoms with Crippen LogP contribution in [0.2, 0.25) is 0 Å². The van der Waals surface area contributed by atoms with E-state index in [-0.39, 0.29) is 0 Å². The summed E-state index contributed by atoms with van der Waals surface area (Å²) in [5.74, 6) is 0.0642. The van der Waals surface area contributed by atoms with Gasteiger partial charge in [-0.3, -0.25) is 10.1 Å². The van der Waals surface area contributed by atoms with Gasteiger partial charge in [0.25, 0.3) is 5.91 Å². The molecular weight excluding hydrogens is 210 g/mol. The Bertz CT molecular complexity index is 455. The minimum atomic E-state index is -0.914. The van der Waals surface area contributed by atoms with Crippen LogP contribution in [0.15, 0.2) is 18.2 Å². The molecule has 1 unspecified atom stereocenters. The van der Waals surface area contributed by atoms with Crippen molar-refractivity contribution in [2.24, 2.45) is 0 Å². The highest BCUT2D eigenvalue weighted by atomic mass is 16.6. The monoisotopic (exact) mass is 221 g/mol. The molecule has 1 atom stereocenters. The number of hydrogen-bond donors (Lipinski definition) is 1. The van der Waals surface area contributed by atoms with Crippen molar-refractivity contribution in [2.45, 2.75) is 13.0 Å². The maximum atomic E-state index is 11.5. The van der Waals surface area contributed by atoms with Crippen LogP contribution in [0.1, 0.15) is 17.2 Å².